The summed E-state index contributed by atoms with van der Waals surface area (Å²) in [6.45, 7) is 4.88. The third-order valence-electron chi connectivity index (χ3n) is 4.06. The maximum absolute atomic E-state index is 4.74. The van der Waals surface area contributed by atoms with Gasteiger partial charge < -0.3 is 0 Å². The second kappa shape index (κ2) is 6.10. The number of thiazole rings is 1. The zero-order valence-electron chi connectivity index (χ0n) is 12.8. The van der Waals surface area contributed by atoms with E-state index in [0.29, 0.717) is 5.82 Å². The maximum atomic E-state index is 4.74. The molecule has 116 valence electrons. The molecule has 0 saturated carbocycles. The third kappa shape index (κ3) is 2.97. The molecular weight excluding hydrogens is 308 g/mol. The van der Waals surface area contributed by atoms with Crippen LogP contribution >= 0.6 is 11.3 Å². The van der Waals surface area contributed by atoms with Crippen molar-refractivity contribution in [1.82, 2.24) is 29.8 Å². The van der Waals surface area contributed by atoms with Gasteiger partial charge in [-0.2, -0.15) is 0 Å². The van der Waals surface area contributed by atoms with Crippen molar-refractivity contribution in [3.8, 4) is 11.4 Å². The second-order valence-corrected chi connectivity index (χ2v) is 6.55. The molecule has 6 nitrogen and oxygen atoms in total. The Hall–Kier alpha value is -2.25. The molecule has 0 bridgehead atoms. The Labute approximate surface area is 138 Å². The van der Waals surface area contributed by atoms with Crippen molar-refractivity contribution >= 4 is 11.3 Å². The van der Waals surface area contributed by atoms with Gasteiger partial charge >= 0.3 is 0 Å². The van der Waals surface area contributed by atoms with Crippen LogP contribution in [0.25, 0.3) is 11.4 Å². The molecular formula is C16H16N6S. The Bertz CT molecular complexity index is 816. The number of rotatable bonds is 3. The van der Waals surface area contributed by atoms with Crippen molar-refractivity contribution in [2.24, 2.45) is 0 Å². The summed E-state index contributed by atoms with van der Waals surface area (Å²) in [5.41, 5.74) is 6.24. The molecule has 0 aliphatic carbocycles. The van der Waals surface area contributed by atoms with Gasteiger partial charge in [-0.1, -0.05) is 0 Å². The zero-order chi connectivity index (χ0) is 15.6. The molecule has 0 radical (unpaired) electrons. The summed E-state index contributed by atoms with van der Waals surface area (Å²) in [4.78, 5) is 25.4. The predicted molar refractivity (Wildman–Crippen MR) is 87.7 cm³/mol. The second-order valence-electron chi connectivity index (χ2n) is 5.61. The Kier molecular flexibility index (Phi) is 3.80. The van der Waals surface area contributed by atoms with Crippen LogP contribution in [-0.4, -0.2) is 36.4 Å². The lowest BCUT2D eigenvalue weighted by atomic mass is 10.1. The maximum Gasteiger partial charge on any atom is 0.162 e. The first kappa shape index (κ1) is 14.3. The summed E-state index contributed by atoms with van der Waals surface area (Å²) in [5, 5.41) is 0. The number of aromatic nitrogens is 5. The van der Waals surface area contributed by atoms with E-state index in [4.69, 9.17) is 4.98 Å². The quantitative estimate of drug-likeness (QED) is 0.736. The van der Waals surface area contributed by atoms with Crippen LogP contribution in [0.2, 0.25) is 0 Å². The van der Waals surface area contributed by atoms with E-state index in [1.807, 2.05) is 11.7 Å². The summed E-state index contributed by atoms with van der Waals surface area (Å²) in [6.07, 6.45) is 7.94. The van der Waals surface area contributed by atoms with Gasteiger partial charge in [0, 0.05) is 43.1 Å². The minimum Gasteiger partial charge on any atom is -0.292 e. The lowest BCUT2D eigenvalue weighted by Crippen LogP contribution is -2.31. The van der Waals surface area contributed by atoms with Crippen LogP contribution < -0.4 is 0 Å². The van der Waals surface area contributed by atoms with Crippen molar-refractivity contribution in [1.29, 1.82) is 0 Å². The summed E-state index contributed by atoms with van der Waals surface area (Å²) >= 11 is 1.72. The molecule has 0 aromatic carbocycles. The zero-order valence-corrected chi connectivity index (χ0v) is 13.6. The van der Waals surface area contributed by atoms with Gasteiger partial charge in [-0.25, -0.2) is 24.9 Å². The Balaban J connectivity index is 1.57. The van der Waals surface area contributed by atoms with Gasteiger partial charge in [0.2, 0.25) is 0 Å². The van der Waals surface area contributed by atoms with Gasteiger partial charge in [0.25, 0.3) is 0 Å². The van der Waals surface area contributed by atoms with E-state index in [2.05, 4.69) is 31.8 Å². The number of hydrogen-bond donors (Lipinski definition) is 0. The number of hydrogen-bond acceptors (Lipinski definition) is 7. The van der Waals surface area contributed by atoms with E-state index in [9.17, 15) is 0 Å². The molecule has 0 saturated heterocycles. The number of nitrogens with zero attached hydrogens (tertiary/aromatic N) is 6. The van der Waals surface area contributed by atoms with E-state index in [-0.39, 0.29) is 0 Å². The molecule has 4 rings (SSSR count). The first-order valence-electron chi connectivity index (χ1n) is 7.51. The predicted octanol–water partition coefficient (Wildman–Crippen LogP) is 2.26. The van der Waals surface area contributed by atoms with E-state index < -0.39 is 0 Å². The highest BCUT2D eigenvalue weighted by Crippen LogP contribution is 2.23. The normalized spacial score (nSPS) is 14.7. The summed E-state index contributed by atoms with van der Waals surface area (Å²) < 4.78 is 0. The largest absolute Gasteiger partial charge is 0.292 e. The van der Waals surface area contributed by atoms with Crippen molar-refractivity contribution in [3.63, 3.8) is 0 Å². The SMILES string of the molecule is Cc1ncsc1CN1CCc2cnc(-c3cncnc3)nc2C1. The van der Waals surface area contributed by atoms with Crippen molar-refractivity contribution < 1.29 is 0 Å². The molecule has 4 heterocycles. The molecule has 1 aliphatic rings. The lowest BCUT2D eigenvalue weighted by molar-refractivity contribution is 0.243. The van der Waals surface area contributed by atoms with Gasteiger partial charge in [0.15, 0.2) is 5.82 Å². The van der Waals surface area contributed by atoms with E-state index in [1.54, 1.807) is 23.7 Å². The van der Waals surface area contributed by atoms with Gasteiger partial charge in [-0.3, -0.25) is 4.90 Å². The van der Waals surface area contributed by atoms with Gasteiger partial charge in [0.05, 0.1) is 22.5 Å². The fraction of sp³-hybridized carbons (Fsp3) is 0.312. The van der Waals surface area contributed by atoms with Crippen molar-refractivity contribution in [2.75, 3.05) is 6.54 Å². The molecule has 0 spiro atoms. The standard InChI is InChI=1S/C16H16N6S/c1-11-15(23-10-20-11)8-22-3-2-12-6-19-16(21-14(12)7-22)13-4-17-9-18-5-13/h4-6,9-10H,2-3,7-8H2,1H3. The minimum absolute atomic E-state index is 0.695. The Morgan fingerprint density at radius 2 is 2.04 bits per heavy atom. The summed E-state index contributed by atoms with van der Waals surface area (Å²) in [5.74, 6) is 0.695. The number of fused-ring (bicyclic) bond motifs is 1. The Morgan fingerprint density at radius 1 is 1.17 bits per heavy atom. The first-order chi connectivity index (χ1) is 11.3. The van der Waals surface area contributed by atoms with Crippen LogP contribution in [-0.2, 0) is 19.5 Å². The lowest BCUT2D eigenvalue weighted by Gasteiger charge is -2.27. The highest BCUT2D eigenvalue weighted by Gasteiger charge is 2.20. The minimum atomic E-state index is 0.695. The molecule has 0 atom stereocenters. The summed E-state index contributed by atoms with van der Waals surface area (Å²) in [6, 6.07) is 0. The van der Waals surface area contributed by atoms with Crippen LogP contribution in [0.1, 0.15) is 21.8 Å². The van der Waals surface area contributed by atoms with Crippen LogP contribution in [0.15, 0.2) is 30.4 Å². The third-order valence-corrected chi connectivity index (χ3v) is 4.98. The average Bonchev–Trinajstić information content (AvgIpc) is 3.00. The van der Waals surface area contributed by atoms with Gasteiger partial charge in [-0.05, 0) is 18.9 Å². The molecule has 3 aromatic rings. The van der Waals surface area contributed by atoms with E-state index in [0.717, 1.165) is 43.0 Å². The smallest absolute Gasteiger partial charge is 0.162 e. The monoisotopic (exact) mass is 324 g/mol. The van der Waals surface area contributed by atoms with Crippen LogP contribution in [0, 0.1) is 6.92 Å². The van der Waals surface area contributed by atoms with Crippen molar-refractivity contribution in [3.05, 3.63) is 52.3 Å². The molecule has 7 heteroatoms. The molecule has 0 fully saturated rings. The molecule has 1 aliphatic heterocycles. The van der Waals surface area contributed by atoms with Gasteiger partial charge in [0.1, 0.15) is 6.33 Å². The van der Waals surface area contributed by atoms with Crippen LogP contribution in [0.4, 0.5) is 0 Å². The Morgan fingerprint density at radius 3 is 2.83 bits per heavy atom. The number of aryl methyl sites for hydroxylation is 1. The molecule has 23 heavy (non-hydrogen) atoms. The highest BCUT2D eigenvalue weighted by atomic mass is 32.1. The fourth-order valence-electron chi connectivity index (χ4n) is 2.73. The van der Waals surface area contributed by atoms with Crippen LogP contribution in [0.3, 0.4) is 0 Å². The average molecular weight is 324 g/mol. The molecule has 3 aromatic heterocycles. The molecule has 0 unspecified atom stereocenters. The highest BCUT2D eigenvalue weighted by molar-refractivity contribution is 7.09. The topological polar surface area (TPSA) is 67.7 Å². The molecule has 0 N–H and O–H groups in total. The van der Waals surface area contributed by atoms with Crippen LogP contribution in [0.5, 0.6) is 0 Å². The van der Waals surface area contributed by atoms with E-state index >= 15 is 0 Å². The molecule has 0 amide bonds. The van der Waals surface area contributed by atoms with Gasteiger partial charge in [-0.15, -0.1) is 11.3 Å². The van der Waals surface area contributed by atoms with E-state index in [1.165, 1.54) is 16.8 Å². The van der Waals surface area contributed by atoms with Crippen molar-refractivity contribution in [2.45, 2.75) is 26.4 Å². The summed E-state index contributed by atoms with van der Waals surface area (Å²) in [7, 11) is 0. The fourth-order valence-corrected chi connectivity index (χ4v) is 3.55. The first-order valence-corrected chi connectivity index (χ1v) is 8.39.